The molecule has 7 heteroatoms. The van der Waals surface area contributed by atoms with Crippen molar-refractivity contribution in [1.29, 1.82) is 0 Å². The molecule has 1 amide bonds. The Morgan fingerprint density at radius 2 is 2.03 bits per heavy atom. The molecule has 29 heavy (non-hydrogen) atoms. The second-order valence-electron chi connectivity index (χ2n) is 7.55. The SMILES string of the molecule is CCOc1cc(C(=O)NC2CCn3nc(-c4ccnc(C5CC5)c4)cc32)ccn1. The molecule has 1 saturated carbocycles. The number of carbonyl (C=O) groups excluding carboxylic acids is 1. The molecule has 1 unspecified atom stereocenters. The topological polar surface area (TPSA) is 81.9 Å². The van der Waals surface area contributed by atoms with Crippen LogP contribution in [-0.4, -0.2) is 32.3 Å². The van der Waals surface area contributed by atoms with Gasteiger partial charge in [0.05, 0.1) is 24.0 Å². The van der Waals surface area contributed by atoms with E-state index in [1.807, 2.05) is 23.9 Å². The van der Waals surface area contributed by atoms with Crippen LogP contribution in [0.4, 0.5) is 0 Å². The van der Waals surface area contributed by atoms with Crippen molar-refractivity contribution in [2.45, 2.75) is 44.7 Å². The lowest BCUT2D eigenvalue weighted by Crippen LogP contribution is -2.27. The molecule has 0 spiro atoms. The fraction of sp³-hybridized carbons (Fsp3) is 0.364. The van der Waals surface area contributed by atoms with E-state index in [9.17, 15) is 4.79 Å². The van der Waals surface area contributed by atoms with Gasteiger partial charge >= 0.3 is 0 Å². The molecule has 2 aliphatic rings. The van der Waals surface area contributed by atoms with Crippen molar-refractivity contribution in [1.82, 2.24) is 25.1 Å². The Morgan fingerprint density at radius 1 is 1.17 bits per heavy atom. The van der Waals surface area contributed by atoms with Crippen LogP contribution in [0.15, 0.2) is 42.7 Å². The predicted octanol–water partition coefficient (Wildman–Crippen LogP) is 3.49. The first-order chi connectivity index (χ1) is 14.2. The van der Waals surface area contributed by atoms with Crippen LogP contribution in [0, 0.1) is 0 Å². The fourth-order valence-corrected chi connectivity index (χ4v) is 3.81. The summed E-state index contributed by atoms with van der Waals surface area (Å²) in [7, 11) is 0. The van der Waals surface area contributed by atoms with Gasteiger partial charge in [0.25, 0.3) is 5.91 Å². The summed E-state index contributed by atoms with van der Waals surface area (Å²) in [5.74, 6) is 0.941. The lowest BCUT2D eigenvalue weighted by atomic mass is 10.1. The zero-order chi connectivity index (χ0) is 19.8. The van der Waals surface area contributed by atoms with E-state index in [0.29, 0.717) is 24.0 Å². The van der Waals surface area contributed by atoms with E-state index in [-0.39, 0.29) is 11.9 Å². The molecule has 5 rings (SSSR count). The first-order valence-electron chi connectivity index (χ1n) is 10.1. The van der Waals surface area contributed by atoms with Crippen LogP contribution in [0.1, 0.15) is 59.9 Å². The third-order valence-electron chi connectivity index (χ3n) is 5.46. The van der Waals surface area contributed by atoms with Gasteiger partial charge < -0.3 is 10.1 Å². The number of nitrogens with one attached hydrogen (secondary N) is 1. The van der Waals surface area contributed by atoms with E-state index in [4.69, 9.17) is 9.84 Å². The minimum atomic E-state index is -0.130. The predicted molar refractivity (Wildman–Crippen MR) is 108 cm³/mol. The lowest BCUT2D eigenvalue weighted by molar-refractivity contribution is 0.0936. The van der Waals surface area contributed by atoms with Gasteiger partial charge in [-0.15, -0.1) is 0 Å². The molecule has 0 radical (unpaired) electrons. The van der Waals surface area contributed by atoms with Gasteiger partial charge in [-0.1, -0.05) is 0 Å². The van der Waals surface area contributed by atoms with E-state index in [1.54, 1.807) is 18.3 Å². The number of rotatable bonds is 6. The first kappa shape index (κ1) is 17.8. The largest absolute Gasteiger partial charge is 0.478 e. The summed E-state index contributed by atoms with van der Waals surface area (Å²) in [6, 6.07) is 9.55. The summed E-state index contributed by atoms with van der Waals surface area (Å²) in [6.45, 7) is 3.20. The molecular formula is C22H23N5O2. The van der Waals surface area contributed by atoms with Crippen LogP contribution in [-0.2, 0) is 6.54 Å². The Kier molecular flexibility index (Phi) is 4.50. The highest BCUT2D eigenvalue weighted by Crippen LogP contribution is 2.40. The molecule has 0 bridgehead atoms. The summed E-state index contributed by atoms with van der Waals surface area (Å²) >= 11 is 0. The van der Waals surface area contributed by atoms with Gasteiger partial charge in [-0.2, -0.15) is 5.10 Å². The number of carbonyl (C=O) groups is 1. The molecule has 3 aromatic rings. The monoisotopic (exact) mass is 389 g/mol. The zero-order valence-corrected chi connectivity index (χ0v) is 16.3. The van der Waals surface area contributed by atoms with Crippen molar-refractivity contribution < 1.29 is 9.53 Å². The van der Waals surface area contributed by atoms with Gasteiger partial charge in [0.2, 0.25) is 5.88 Å². The normalized spacial score (nSPS) is 17.8. The number of aromatic nitrogens is 4. The van der Waals surface area contributed by atoms with Gasteiger partial charge in [-0.05, 0) is 50.5 Å². The molecular weight excluding hydrogens is 366 g/mol. The molecule has 1 aliphatic carbocycles. The quantitative estimate of drug-likeness (QED) is 0.698. The summed E-state index contributed by atoms with van der Waals surface area (Å²) < 4.78 is 7.39. The summed E-state index contributed by atoms with van der Waals surface area (Å²) in [6.07, 6.45) is 6.75. The number of hydrogen-bond donors (Lipinski definition) is 1. The van der Waals surface area contributed by atoms with Crippen LogP contribution < -0.4 is 10.1 Å². The van der Waals surface area contributed by atoms with Crippen LogP contribution in [0.3, 0.4) is 0 Å². The number of amides is 1. The van der Waals surface area contributed by atoms with E-state index in [0.717, 1.165) is 35.6 Å². The minimum absolute atomic E-state index is 0.0581. The van der Waals surface area contributed by atoms with Crippen LogP contribution >= 0.6 is 0 Å². The Bertz CT molecular complexity index is 1060. The maximum absolute atomic E-state index is 12.7. The van der Waals surface area contributed by atoms with Gasteiger partial charge in [-0.3, -0.25) is 14.5 Å². The third-order valence-corrected chi connectivity index (χ3v) is 5.46. The average Bonchev–Trinajstić information content (AvgIpc) is 3.41. The molecule has 1 N–H and O–H groups in total. The number of fused-ring (bicyclic) bond motifs is 1. The van der Waals surface area contributed by atoms with Crippen LogP contribution in [0.25, 0.3) is 11.3 Å². The number of ether oxygens (including phenoxy) is 1. The minimum Gasteiger partial charge on any atom is -0.478 e. The molecule has 1 aliphatic heterocycles. The molecule has 4 heterocycles. The second kappa shape index (κ2) is 7.31. The third kappa shape index (κ3) is 3.60. The van der Waals surface area contributed by atoms with E-state index in [2.05, 4.69) is 27.4 Å². The Labute approximate surface area is 169 Å². The average molecular weight is 389 g/mol. The molecule has 148 valence electrons. The van der Waals surface area contributed by atoms with Gasteiger partial charge in [0, 0.05) is 47.7 Å². The first-order valence-corrected chi connectivity index (χ1v) is 10.1. The summed E-state index contributed by atoms with van der Waals surface area (Å²) in [5, 5.41) is 7.89. The smallest absolute Gasteiger partial charge is 0.252 e. The van der Waals surface area contributed by atoms with Crippen molar-refractivity contribution >= 4 is 5.91 Å². The molecule has 1 fully saturated rings. The zero-order valence-electron chi connectivity index (χ0n) is 16.3. The maximum Gasteiger partial charge on any atom is 0.252 e. The lowest BCUT2D eigenvalue weighted by Gasteiger charge is -2.12. The van der Waals surface area contributed by atoms with Crippen molar-refractivity contribution in [2.24, 2.45) is 0 Å². The number of nitrogens with zero attached hydrogens (tertiary/aromatic N) is 4. The number of hydrogen-bond acceptors (Lipinski definition) is 5. The second-order valence-corrected chi connectivity index (χ2v) is 7.55. The van der Waals surface area contributed by atoms with Crippen molar-refractivity contribution in [2.75, 3.05) is 6.61 Å². The Morgan fingerprint density at radius 3 is 2.86 bits per heavy atom. The maximum atomic E-state index is 12.7. The van der Waals surface area contributed by atoms with E-state index in [1.165, 1.54) is 12.8 Å². The molecule has 3 aromatic heterocycles. The highest BCUT2D eigenvalue weighted by molar-refractivity contribution is 5.94. The van der Waals surface area contributed by atoms with Gasteiger partial charge in [0.1, 0.15) is 0 Å². The van der Waals surface area contributed by atoms with Crippen LogP contribution in [0.2, 0.25) is 0 Å². The van der Waals surface area contributed by atoms with Crippen LogP contribution in [0.5, 0.6) is 5.88 Å². The molecule has 0 saturated heterocycles. The Hall–Kier alpha value is -3.22. The standard InChI is InChI=1S/C22H23N5O2/c1-2-29-21-12-16(6-9-24-21)22(28)25-17-7-10-27-20(17)13-19(26-27)15-5-8-23-18(11-15)14-3-4-14/h5-6,8-9,11-14,17H,2-4,7,10H2,1H3,(H,25,28). The summed E-state index contributed by atoms with van der Waals surface area (Å²) in [5.41, 5.74) is 4.76. The van der Waals surface area contributed by atoms with Crippen molar-refractivity contribution in [3.05, 3.63) is 59.7 Å². The molecule has 7 nitrogen and oxygen atoms in total. The Balaban J connectivity index is 1.34. The van der Waals surface area contributed by atoms with Gasteiger partial charge in [0.15, 0.2) is 0 Å². The summed E-state index contributed by atoms with van der Waals surface area (Å²) in [4.78, 5) is 21.3. The van der Waals surface area contributed by atoms with E-state index >= 15 is 0 Å². The fourth-order valence-electron chi connectivity index (χ4n) is 3.81. The van der Waals surface area contributed by atoms with E-state index < -0.39 is 0 Å². The van der Waals surface area contributed by atoms with Crippen molar-refractivity contribution in [3.8, 4) is 17.1 Å². The van der Waals surface area contributed by atoms with Crippen molar-refractivity contribution in [3.63, 3.8) is 0 Å². The number of pyridine rings is 2. The molecule has 0 aromatic carbocycles. The highest BCUT2D eigenvalue weighted by Gasteiger charge is 2.28. The number of aryl methyl sites for hydroxylation is 1. The van der Waals surface area contributed by atoms with Gasteiger partial charge in [-0.25, -0.2) is 4.98 Å². The highest BCUT2D eigenvalue weighted by atomic mass is 16.5. The molecule has 1 atom stereocenters.